The zero-order valence-electron chi connectivity index (χ0n) is 14.9. The Kier molecular flexibility index (Phi) is 4.52. The van der Waals surface area contributed by atoms with Gasteiger partial charge >= 0.3 is 0 Å². The second-order valence-corrected chi connectivity index (χ2v) is 6.35. The molecule has 0 aliphatic rings. The van der Waals surface area contributed by atoms with E-state index in [0.717, 1.165) is 12.1 Å². The molecule has 0 bridgehead atoms. The van der Waals surface area contributed by atoms with Crippen molar-refractivity contribution in [2.45, 2.75) is 0 Å². The van der Waals surface area contributed by atoms with Gasteiger partial charge < -0.3 is 10.9 Å². The van der Waals surface area contributed by atoms with Gasteiger partial charge in [0.05, 0.1) is 11.3 Å². The molecule has 0 spiro atoms. The number of nitrogens with zero attached hydrogens (tertiary/aromatic N) is 2. The number of rotatable bonds is 4. The largest absolute Gasteiger partial charge is 0.619 e. The normalized spacial score (nSPS) is 10.8. The average Bonchev–Trinajstić information content (AvgIpc) is 3.08. The third-order valence-corrected chi connectivity index (χ3v) is 4.46. The van der Waals surface area contributed by atoms with E-state index in [1.807, 2.05) is 0 Å². The molecule has 4 aromatic rings. The van der Waals surface area contributed by atoms with Gasteiger partial charge in [-0.05, 0) is 29.8 Å². The van der Waals surface area contributed by atoms with Gasteiger partial charge in [-0.1, -0.05) is 18.2 Å². The second-order valence-electron chi connectivity index (χ2n) is 6.35. The zero-order valence-corrected chi connectivity index (χ0v) is 14.9. The highest BCUT2D eigenvalue weighted by Gasteiger charge is 2.23. The number of nitrogens with two attached hydrogens (primary N) is 1. The van der Waals surface area contributed by atoms with E-state index < -0.39 is 17.4 Å². The predicted molar refractivity (Wildman–Crippen MR) is 103 cm³/mol. The van der Waals surface area contributed by atoms with Crippen molar-refractivity contribution in [3.63, 3.8) is 0 Å². The van der Waals surface area contributed by atoms with Crippen LogP contribution in [-0.2, 0) is 0 Å². The first-order valence-electron chi connectivity index (χ1n) is 8.57. The average molecular weight is 392 g/mol. The summed E-state index contributed by atoms with van der Waals surface area (Å²) in [6.07, 6.45) is 2.74. The van der Waals surface area contributed by atoms with Crippen molar-refractivity contribution in [3.05, 3.63) is 95.0 Å². The quantitative estimate of drug-likeness (QED) is 0.316. The third kappa shape index (κ3) is 3.43. The lowest BCUT2D eigenvalue weighted by atomic mass is 9.96. The second kappa shape index (κ2) is 7.16. The number of anilines is 1. The SMILES string of the molecule is Nc1n[nH]c(-c2ccc(F)cc2F)c1C(=O)c1cccc(-c2ccc[n+]([O-])c2)c1. The Morgan fingerprint density at radius 2 is 1.86 bits per heavy atom. The molecule has 29 heavy (non-hydrogen) atoms. The van der Waals surface area contributed by atoms with Crippen LogP contribution in [0.4, 0.5) is 14.6 Å². The predicted octanol–water partition coefficient (Wildman–Crippen LogP) is 3.47. The van der Waals surface area contributed by atoms with Crippen LogP contribution in [-0.4, -0.2) is 16.0 Å². The molecule has 6 nitrogen and oxygen atoms in total. The van der Waals surface area contributed by atoms with Crippen molar-refractivity contribution in [1.82, 2.24) is 10.2 Å². The zero-order chi connectivity index (χ0) is 20.5. The van der Waals surface area contributed by atoms with Crippen LogP contribution in [0.1, 0.15) is 15.9 Å². The molecule has 0 saturated heterocycles. The van der Waals surface area contributed by atoms with Crippen molar-refractivity contribution in [2.24, 2.45) is 0 Å². The highest BCUT2D eigenvalue weighted by Crippen LogP contribution is 2.30. The number of carbonyl (C=O) groups excluding carboxylic acids is 1. The van der Waals surface area contributed by atoms with Gasteiger partial charge in [0.25, 0.3) is 0 Å². The van der Waals surface area contributed by atoms with E-state index in [1.54, 1.807) is 36.4 Å². The van der Waals surface area contributed by atoms with Crippen molar-refractivity contribution < 1.29 is 18.3 Å². The van der Waals surface area contributed by atoms with Gasteiger partial charge in [0.1, 0.15) is 11.6 Å². The van der Waals surface area contributed by atoms with Gasteiger partial charge in [-0.2, -0.15) is 9.83 Å². The van der Waals surface area contributed by atoms with E-state index >= 15 is 0 Å². The lowest BCUT2D eigenvalue weighted by Gasteiger charge is -2.07. The van der Waals surface area contributed by atoms with Crippen molar-refractivity contribution in [2.75, 3.05) is 5.73 Å². The van der Waals surface area contributed by atoms with Crippen LogP contribution in [0, 0.1) is 16.8 Å². The summed E-state index contributed by atoms with van der Waals surface area (Å²) in [5, 5.41) is 17.9. The first-order valence-corrected chi connectivity index (χ1v) is 8.57. The number of nitrogen functional groups attached to an aromatic ring is 1. The summed E-state index contributed by atoms with van der Waals surface area (Å²) in [4.78, 5) is 13.1. The molecule has 4 rings (SSSR count). The molecular formula is C21H14F2N4O2. The van der Waals surface area contributed by atoms with E-state index in [-0.39, 0.29) is 28.2 Å². The third-order valence-electron chi connectivity index (χ3n) is 4.46. The summed E-state index contributed by atoms with van der Waals surface area (Å²) in [6.45, 7) is 0. The molecule has 0 aliphatic heterocycles. The highest BCUT2D eigenvalue weighted by molar-refractivity contribution is 6.15. The van der Waals surface area contributed by atoms with Gasteiger partial charge in [-0.25, -0.2) is 8.78 Å². The minimum atomic E-state index is -0.847. The minimum absolute atomic E-state index is 0.0143. The van der Waals surface area contributed by atoms with Gasteiger partial charge in [0, 0.05) is 28.8 Å². The Labute approximate surface area is 163 Å². The van der Waals surface area contributed by atoms with E-state index in [0.29, 0.717) is 15.9 Å². The minimum Gasteiger partial charge on any atom is -0.619 e. The number of carbonyl (C=O) groups is 1. The Bertz CT molecular complexity index is 1240. The van der Waals surface area contributed by atoms with E-state index in [4.69, 9.17) is 5.73 Å². The molecule has 0 radical (unpaired) electrons. The Morgan fingerprint density at radius 3 is 2.62 bits per heavy atom. The summed E-state index contributed by atoms with van der Waals surface area (Å²) < 4.78 is 28.1. The van der Waals surface area contributed by atoms with Gasteiger partial charge in [0.15, 0.2) is 24.0 Å². The van der Waals surface area contributed by atoms with Crippen LogP contribution in [0.25, 0.3) is 22.4 Å². The van der Waals surface area contributed by atoms with Gasteiger partial charge in [-0.15, -0.1) is 0 Å². The number of halogens is 2. The summed E-state index contributed by atoms with van der Waals surface area (Å²) in [5.74, 6) is -2.17. The lowest BCUT2D eigenvalue weighted by Crippen LogP contribution is -2.23. The van der Waals surface area contributed by atoms with Crippen LogP contribution in [0.3, 0.4) is 0 Å². The number of aromatic amines is 1. The molecule has 2 aromatic carbocycles. The molecule has 3 N–H and O–H groups in total. The number of hydrogen-bond donors (Lipinski definition) is 2. The maximum absolute atomic E-state index is 14.2. The van der Waals surface area contributed by atoms with Crippen LogP contribution < -0.4 is 10.5 Å². The molecule has 0 aliphatic carbocycles. The number of H-pyrrole nitrogens is 1. The molecule has 0 saturated carbocycles. The van der Waals surface area contributed by atoms with Gasteiger partial charge in [-0.3, -0.25) is 9.89 Å². The Morgan fingerprint density at radius 1 is 1.07 bits per heavy atom. The van der Waals surface area contributed by atoms with Crippen molar-refractivity contribution in [3.8, 4) is 22.4 Å². The molecule has 144 valence electrons. The molecule has 8 heteroatoms. The lowest BCUT2D eigenvalue weighted by molar-refractivity contribution is -0.604. The summed E-state index contributed by atoms with van der Waals surface area (Å²) in [7, 11) is 0. The molecule has 0 unspecified atom stereocenters. The van der Waals surface area contributed by atoms with Crippen molar-refractivity contribution >= 4 is 11.6 Å². The Hall–Kier alpha value is -4.07. The number of ketones is 1. The smallest absolute Gasteiger partial charge is 0.199 e. The molecule has 0 fully saturated rings. The van der Waals surface area contributed by atoms with Crippen LogP contribution in [0.15, 0.2) is 67.0 Å². The standard InChI is InChI=1S/C21H14F2N4O2/c22-15-6-7-16(17(23)10-15)19-18(21(24)26-25-19)20(28)13-4-1-3-12(9-13)14-5-2-8-27(29)11-14/h1-11H,(H3,24,25,26). The summed E-state index contributed by atoms with van der Waals surface area (Å²) >= 11 is 0. The van der Waals surface area contributed by atoms with E-state index in [1.165, 1.54) is 18.5 Å². The number of nitrogens with one attached hydrogen (secondary N) is 1. The highest BCUT2D eigenvalue weighted by atomic mass is 19.1. The fourth-order valence-corrected chi connectivity index (χ4v) is 3.08. The van der Waals surface area contributed by atoms with Crippen molar-refractivity contribution in [1.29, 1.82) is 0 Å². The van der Waals surface area contributed by atoms with E-state index in [2.05, 4.69) is 10.2 Å². The monoisotopic (exact) mass is 392 g/mol. The topological polar surface area (TPSA) is 98.7 Å². The van der Waals surface area contributed by atoms with Crippen LogP contribution in [0.5, 0.6) is 0 Å². The van der Waals surface area contributed by atoms with Crippen LogP contribution >= 0.6 is 0 Å². The maximum Gasteiger partial charge on any atom is 0.199 e. The molecule has 0 amide bonds. The first-order chi connectivity index (χ1) is 13.9. The molecule has 0 atom stereocenters. The fourth-order valence-electron chi connectivity index (χ4n) is 3.08. The number of pyridine rings is 1. The summed E-state index contributed by atoms with van der Waals surface area (Å²) in [6, 6.07) is 13.0. The number of benzene rings is 2. The summed E-state index contributed by atoms with van der Waals surface area (Å²) in [5.41, 5.74) is 7.44. The Balaban J connectivity index is 1.78. The first kappa shape index (κ1) is 18.3. The molecule has 2 heterocycles. The maximum atomic E-state index is 14.2. The molecular weight excluding hydrogens is 378 g/mol. The van der Waals surface area contributed by atoms with E-state index in [9.17, 15) is 18.8 Å². The molecule has 2 aromatic heterocycles. The van der Waals surface area contributed by atoms with Crippen LogP contribution in [0.2, 0.25) is 0 Å². The number of hydrogen-bond acceptors (Lipinski definition) is 4. The number of aromatic nitrogens is 3. The van der Waals surface area contributed by atoms with Gasteiger partial charge in [0.2, 0.25) is 0 Å². The fraction of sp³-hybridized carbons (Fsp3) is 0.